The summed E-state index contributed by atoms with van der Waals surface area (Å²) in [6, 6.07) is 13.7. The second kappa shape index (κ2) is 7.49. The van der Waals surface area contributed by atoms with Crippen molar-refractivity contribution < 1.29 is 14.7 Å². The molecule has 1 aliphatic rings. The molecule has 1 amide bonds. The van der Waals surface area contributed by atoms with Crippen molar-refractivity contribution in [1.29, 1.82) is 0 Å². The number of likely N-dealkylation sites (tertiary alicyclic amines) is 1. The average Bonchev–Trinajstić information content (AvgIpc) is 3.13. The van der Waals surface area contributed by atoms with Crippen LogP contribution in [0, 0.1) is 0 Å². The Labute approximate surface area is 156 Å². The SMILES string of the molecule is O=C(O)N1CCCC(O/N=C(\c2ccccc2)c2cc3ccncc3[nH]2)C1. The number of aromatic amines is 1. The number of carboxylic acid groups (broad SMARTS) is 1. The predicted molar refractivity (Wildman–Crippen MR) is 102 cm³/mol. The zero-order chi connectivity index (χ0) is 18.6. The van der Waals surface area contributed by atoms with Gasteiger partial charge in [-0.15, -0.1) is 0 Å². The van der Waals surface area contributed by atoms with Gasteiger partial charge in [0.15, 0.2) is 0 Å². The third-order valence-corrected chi connectivity index (χ3v) is 4.67. The van der Waals surface area contributed by atoms with Gasteiger partial charge < -0.3 is 19.8 Å². The number of oxime groups is 1. The predicted octanol–water partition coefficient (Wildman–Crippen LogP) is 3.47. The third kappa shape index (κ3) is 3.76. The van der Waals surface area contributed by atoms with Crippen molar-refractivity contribution in [3.05, 3.63) is 66.1 Å². The van der Waals surface area contributed by atoms with Gasteiger partial charge >= 0.3 is 6.09 Å². The molecule has 27 heavy (non-hydrogen) atoms. The van der Waals surface area contributed by atoms with E-state index in [9.17, 15) is 9.90 Å². The van der Waals surface area contributed by atoms with Gasteiger partial charge in [0.1, 0.15) is 11.8 Å². The van der Waals surface area contributed by atoms with E-state index in [0.29, 0.717) is 18.8 Å². The fourth-order valence-electron chi connectivity index (χ4n) is 3.28. The minimum absolute atomic E-state index is 0.250. The average molecular weight is 364 g/mol. The summed E-state index contributed by atoms with van der Waals surface area (Å²) in [6.45, 7) is 0.872. The van der Waals surface area contributed by atoms with Crippen LogP contribution in [0.2, 0.25) is 0 Å². The molecule has 1 aromatic carbocycles. The number of carbonyl (C=O) groups is 1. The van der Waals surface area contributed by atoms with Crippen LogP contribution in [0.5, 0.6) is 0 Å². The molecule has 1 atom stereocenters. The Morgan fingerprint density at radius 3 is 2.93 bits per heavy atom. The lowest BCUT2D eigenvalue weighted by molar-refractivity contribution is 0.00631. The first-order valence-electron chi connectivity index (χ1n) is 8.91. The number of hydrogen-bond acceptors (Lipinski definition) is 4. The number of nitrogens with zero attached hydrogens (tertiary/aromatic N) is 3. The van der Waals surface area contributed by atoms with Crippen LogP contribution in [0.15, 0.2) is 60.0 Å². The number of H-pyrrole nitrogens is 1. The standard InChI is InChI=1S/C20H20N4O3/c25-20(26)24-10-4-7-16(13-24)27-23-19(14-5-2-1-3-6-14)17-11-15-8-9-21-12-18(15)22-17/h1-3,5-6,8-9,11-12,16,22H,4,7,10,13H2,(H,25,26)/b23-19+. The van der Waals surface area contributed by atoms with E-state index in [1.54, 1.807) is 12.4 Å². The number of pyridine rings is 1. The topological polar surface area (TPSA) is 90.8 Å². The molecule has 0 saturated carbocycles. The van der Waals surface area contributed by atoms with E-state index < -0.39 is 6.09 Å². The lowest BCUT2D eigenvalue weighted by Gasteiger charge is -2.29. The second-order valence-electron chi connectivity index (χ2n) is 6.55. The van der Waals surface area contributed by atoms with Crippen molar-refractivity contribution in [2.24, 2.45) is 5.16 Å². The van der Waals surface area contributed by atoms with Crippen molar-refractivity contribution in [1.82, 2.24) is 14.9 Å². The Bertz CT molecular complexity index is 935. The number of benzene rings is 1. The van der Waals surface area contributed by atoms with E-state index in [4.69, 9.17) is 4.84 Å². The van der Waals surface area contributed by atoms with Crippen LogP contribution in [-0.4, -0.2) is 51.0 Å². The highest BCUT2D eigenvalue weighted by molar-refractivity contribution is 6.13. The molecule has 0 bridgehead atoms. The smallest absolute Gasteiger partial charge is 0.407 e. The highest BCUT2D eigenvalue weighted by atomic mass is 16.6. The van der Waals surface area contributed by atoms with Crippen LogP contribution in [0.4, 0.5) is 4.79 Å². The maximum atomic E-state index is 11.2. The Morgan fingerprint density at radius 2 is 2.15 bits per heavy atom. The lowest BCUT2D eigenvalue weighted by atomic mass is 10.1. The zero-order valence-electron chi connectivity index (χ0n) is 14.7. The van der Waals surface area contributed by atoms with Crippen molar-refractivity contribution >= 4 is 22.7 Å². The van der Waals surface area contributed by atoms with Crippen LogP contribution in [0.25, 0.3) is 10.9 Å². The van der Waals surface area contributed by atoms with Gasteiger partial charge in [0.25, 0.3) is 0 Å². The lowest BCUT2D eigenvalue weighted by Crippen LogP contribution is -2.42. The number of fused-ring (bicyclic) bond motifs is 1. The summed E-state index contributed by atoms with van der Waals surface area (Å²) in [5.74, 6) is 0. The molecule has 3 heterocycles. The van der Waals surface area contributed by atoms with Crippen LogP contribution in [-0.2, 0) is 4.84 Å². The number of nitrogens with one attached hydrogen (secondary N) is 1. The Balaban J connectivity index is 1.64. The largest absolute Gasteiger partial charge is 0.465 e. The molecule has 3 aromatic rings. The Morgan fingerprint density at radius 1 is 1.30 bits per heavy atom. The van der Waals surface area contributed by atoms with Gasteiger partial charge in [-0.2, -0.15) is 0 Å². The molecule has 138 valence electrons. The van der Waals surface area contributed by atoms with E-state index in [1.807, 2.05) is 42.5 Å². The number of aromatic nitrogens is 2. The van der Waals surface area contributed by atoms with Gasteiger partial charge in [-0.1, -0.05) is 35.5 Å². The van der Waals surface area contributed by atoms with Crippen LogP contribution < -0.4 is 0 Å². The molecule has 0 aliphatic carbocycles. The molecule has 0 radical (unpaired) electrons. The minimum Gasteiger partial charge on any atom is -0.465 e. The second-order valence-corrected chi connectivity index (χ2v) is 6.55. The molecule has 1 fully saturated rings. The molecule has 1 unspecified atom stereocenters. The molecule has 1 saturated heterocycles. The molecule has 0 spiro atoms. The summed E-state index contributed by atoms with van der Waals surface area (Å²) in [5, 5.41) is 14.7. The Kier molecular flexibility index (Phi) is 4.74. The van der Waals surface area contributed by atoms with Crippen LogP contribution >= 0.6 is 0 Å². The quantitative estimate of drug-likeness (QED) is 0.548. The van der Waals surface area contributed by atoms with Gasteiger partial charge in [0.05, 0.1) is 24.0 Å². The summed E-state index contributed by atoms with van der Waals surface area (Å²) in [4.78, 5) is 25.8. The fourth-order valence-corrected chi connectivity index (χ4v) is 3.28. The number of rotatable bonds is 4. The van der Waals surface area contributed by atoms with E-state index in [2.05, 4.69) is 15.1 Å². The highest BCUT2D eigenvalue weighted by Gasteiger charge is 2.25. The first-order chi connectivity index (χ1) is 13.2. The zero-order valence-corrected chi connectivity index (χ0v) is 14.7. The van der Waals surface area contributed by atoms with Gasteiger partial charge in [-0.05, 0) is 25.0 Å². The van der Waals surface area contributed by atoms with E-state index in [1.165, 1.54) is 4.90 Å². The molecule has 7 heteroatoms. The molecular weight excluding hydrogens is 344 g/mol. The van der Waals surface area contributed by atoms with Gasteiger partial charge in [-0.25, -0.2) is 4.79 Å². The fraction of sp³-hybridized carbons (Fsp3) is 0.250. The van der Waals surface area contributed by atoms with E-state index >= 15 is 0 Å². The highest BCUT2D eigenvalue weighted by Crippen LogP contribution is 2.19. The van der Waals surface area contributed by atoms with E-state index in [0.717, 1.165) is 35.0 Å². The maximum Gasteiger partial charge on any atom is 0.407 e. The molecule has 2 aromatic heterocycles. The normalized spacial score (nSPS) is 17.9. The minimum atomic E-state index is -0.918. The van der Waals surface area contributed by atoms with Gasteiger partial charge in [-0.3, -0.25) is 4.98 Å². The van der Waals surface area contributed by atoms with E-state index in [-0.39, 0.29) is 6.10 Å². The molecule has 4 rings (SSSR count). The van der Waals surface area contributed by atoms with Crippen LogP contribution in [0.3, 0.4) is 0 Å². The first kappa shape index (κ1) is 17.1. The first-order valence-corrected chi connectivity index (χ1v) is 8.91. The summed E-state index contributed by atoms with van der Waals surface area (Å²) >= 11 is 0. The Hall–Kier alpha value is -3.35. The summed E-state index contributed by atoms with van der Waals surface area (Å²) in [6.07, 6.45) is 3.90. The summed E-state index contributed by atoms with van der Waals surface area (Å²) < 4.78 is 0. The van der Waals surface area contributed by atoms with Crippen molar-refractivity contribution in [3.63, 3.8) is 0 Å². The summed E-state index contributed by atoms with van der Waals surface area (Å²) in [5.41, 5.74) is 3.35. The van der Waals surface area contributed by atoms with Gasteiger partial charge in [0, 0.05) is 23.7 Å². The molecular formula is C20H20N4O3. The molecule has 1 aliphatic heterocycles. The number of amides is 1. The van der Waals surface area contributed by atoms with Crippen LogP contribution in [0.1, 0.15) is 24.1 Å². The molecule has 7 nitrogen and oxygen atoms in total. The van der Waals surface area contributed by atoms with Crippen molar-refractivity contribution in [2.75, 3.05) is 13.1 Å². The molecule has 2 N–H and O–H groups in total. The number of piperidine rings is 1. The monoisotopic (exact) mass is 364 g/mol. The van der Waals surface area contributed by atoms with Crippen molar-refractivity contribution in [2.45, 2.75) is 18.9 Å². The maximum absolute atomic E-state index is 11.2. The number of hydrogen-bond donors (Lipinski definition) is 2. The van der Waals surface area contributed by atoms with Crippen molar-refractivity contribution in [3.8, 4) is 0 Å². The third-order valence-electron chi connectivity index (χ3n) is 4.67. The van der Waals surface area contributed by atoms with Gasteiger partial charge in [0.2, 0.25) is 0 Å². The summed E-state index contributed by atoms with van der Waals surface area (Å²) in [7, 11) is 0.